The second kappa shape index (κ2) is 5.55. The largest absolute Gasteiger partial charge is 0.355 e. The van der Waals surface area contributed by atoms with Crippen molar-refractivity contribution in [1.29, 1.82) is 5.26 Å². The predicted octanol–water partition coefficient (Wildman–Crippen LogP) is 2.31. The third-order valence-corrected chi connectivity index (χ3v) is 3.99. The van der Waals surface area contributed by atoms with Gasteiger partial charge in [0.1, 0.15) is 16.9 Å². The van der Waals surface area contributed by atoms with E-state index in [1.165, 1.54) is 0 Å². The Balaban J connectivity index is 2.19. The van der Waals surface area contributed by atoms with Crippen molar-refractivity contribution in [2.45, 2.75) is 37.8 Å². The van der Waals surface area contributed by atoms with Crippen molar-refractivity contribution < 1.29 is 0 Å². The van der Waals surface area contributed by atoms with E-state index in [9.17, 15) is 0 Å². The van der Waals surface area contributed by atoms with Crippen LogP contribution < -0.4 is 10.6 Å². The summed E-state index contributed by atoms with van der Waals surface area (Å²) >= 11 is 6.20. The molecule has 0 atom stereocenters. The van der Waals surface area contributed by atoms with Crippen molar-refractivity contribution in [3.05, 3.63) is 22.8 Å². The van der Waals surface area contributed by atoms with E-state index in [1.54, 1.807) is 12.3 Å². The standard InChI is InChI=1S/C13H17ClN4/c1-18(11-4-2-10(16)3-5-11)13-12(14)9(8-15)6-7-17-13/h6-7,10-11H,2-5,16H2,1H3. The average molecular weight is 265 g/mol. The third-order valence-electron chi connectivity index (χ3n) is 3.61. The molecule has 1 aliphatic rings. The Hall–Kier alpha value is -1.31. The molecule has 0 unspecified atom stereocenters. The Morgan fingerprint density at radius 3 is 2.72 bits per heavy atom. The molecule has 1 aromatic heterocycles. The Morgan fingerprint density at radius 1 is 1.44 bits per heavy atom. The van der Waals surface area contributed by atoms with Crippen LogP contribution in [0.4, 0.5) is 5.82 Å². The second-order valence-corrected chi connectivity index (χ2v) is 5.17. The molecule has 0 amide bonds. The quantitative estimate of drug-likeness (QED) is 0.890. The number of hydrogen-bond donors (Lipinski definition) is 1. The maximum absolute atomic E-state index is 8.97. The molecule has 96 valence electrons. The van der Waals surface area contributed by atoms with Crippen LogP contribution in [-0.4, -0.2) is 24.1 Å². The minimum absolute atomic E-state index is 0.323. The van der Waals surface area contributed by atoms with Crippen molar-refractivity contribution >= 4 is 17.4 Å². The summed E-state index contributed by atoms with van der Waals surface area (Å²) in [5.74, 6) is 0.691. The van der Waals surface area contributed by atoms with Gasteiger partial charge in [-0.05, 0) is 31.7 Å². The van der Waals surface area contributed by atoms with Gasteiger partial charge in [-0.1, -0.05) is 11.6 Å². The molecule has 1 heterocycles. The average Bonchev–Trinajstić information content (AvgIpc) is 2.39. The topological polar surface area (TPSA) is 65.9 Å². The summed E-state index contributed by atoms with van der Waals surface area (Å²) in [7, 11) is 1.98. The third kappa shape index (κ3) is 2.58. The monoisotopic (exact) mass is 264 g/mol. The molecular weight excluding hydrogens is 248 g/mol. The van der Waals surface area contributed by atoms with Gasteiger partial charge in [-0.3, -0.25) is 0 Å². The van der Waals surface area contributed by atoms with Crippen LogP contribution in [0, 0.1) is 11.3 Å². The molecule has 2 N–H and O–H groups in total. The summed E-state index contributed by atoms with van der Waals surface area (Å²) in [6.45, 7) is 0. The fourth-order valence-corrected chi connectivity index (χ4v) is 2.71. The van der Waals surface area contributed by atoms with Crippen LogP contribution in [0.2, 0.25) is 5.02 Å². The zero-order chi connectivity index (χ0) is 13.1. The van der Waals surface area contributed by atoms with Gasteiger partial charge >= 0.3 is 0 Å². The number of anilines is 1. The maximum Gasteiger partial charge on any atom is 0.148 e. The molecular formula is C13H17ClN4. The number of hydrogen-bond acceptors (Lipinski definition) is 4. The first-order chi connectivity index (χ1) is 8.63. The van der Waals surface area contributed by atoms with Crippen LogP contribution in [0.5, 0.6) is 0 Å². The molecule has 0 aromatic carbocycles. The van der Waals surface area contributed by atoms with Gasteiger partial charge in [0.2, 0.25) is 0 Å². The van der Waals surface area contributed by atoms with E-state index < -0.39 is 0 Å². The molecule has 5 heteroatoms. The van der Waals surface area contributed by atoms with Crippen LogP contribution in [0.3, 0.4) is 0 Å². The van der Waals surface area contributed by atoms with E-state index in [1.807, 2.05) is 7.05 Å². The lowest BCUT2D eigenvalue weighted by Crippen LogP contribution is -2.39. The number of nitrogens with zero attached hydrogens (tertiary/aromatic N) is 3. The first-order valence-corrected chi connectivity index (χ1v) is 6.54. The number of aromatic nitrogens is 1. The number of halogens is 1. The van der Waals surface area contributed by atoms with Gasteiger partial charge in [-0.15, -0.1) is 0 Å². The van der Waals surface area contributed by atoms with Crippen LogP contribution in [0.15, 0.2) is 12.3 Å². The van der Waals surface area contributed by atoms with E-state index in [-0.39, 0.29) is 0 Å². The summed E-state index contributed by atoms with van der Waals surface area (Å²) in [4.78, 5) is 6.37. The maximum atomic E-state index is 8.97. The molecule has 2 rings (SSSR count). The summed E-state index contributed by atoms with van der Waals surface area (Å²) in [5, 5.41) is 9.41. The van der Waals surface area contributed by atoms with Gasteiger partial charge < -0.3 is 10.6 Å². The van der Waals surface area contributed by atoms with E-state index in [0.717, 1.165) is 25.7 Å². The summed E-state index contributed by atoms with van der Waals surface area (Å²) < 4.78 is 0. The predicted molar refractivity (Wildman–Crippen MR) is 72.6 cm³/mol. The highest BCUT2D eigenvalue weighted by Crippen LogP contribution is 2.30. The minimum Gasteiger partial charge on any atom is -0.355 e. The van der Waals surface area contributed by atoms with Crippen molar-refractivity contribution in [2.24, 2.45) is 5.73 Å². The minimum atomic E-state index is 0.323. The summed E-state index contributed by atoms with van der Waals surface area (Å²) in [6.07, 6.45) is 5.79. The lowest BCUT2D eigenvalue weighted by atomic mass is 9.91. The summed E-state index contributed by atoms with van der Waals surface area (Å²) in [5.41, 5.74) is 6.38. The van der Waals surface area contributed by atoms with Crippen LogP contribution in [-0.2, 0) is 0 Å². The van der Waals surface area contributed by atoms with E-state index in [2.05, 4.69) is 16.0 Å². The van der Waals surface area contributed by atoms with Gasteiger partial charge in [0, 0.05) is 25.3 Å². The molecule has 0 spiro atoms. The molecule has 1 saturated carbocycles. The molecule has 1 fully saturated rings. The van der Waals surface area contributed by atoms with E-state index in [0.29, 0.717) is 28.5 Å². The highest BCUT2D eigenvalue weighted by Gasteiger charge is 2.24. The van der Waals surface area contributed by atoms with Crippen LogP contribution in [0.25, 0.3) is 0 Å². The Bertz CT molecular complexity index is 461. The number of nitriles is 1. The zero-order valence-corrected chi connectivity index (χ0v) is 11.2. The van der Waals surface area contributed by atoms with Crippen molar-refractivity contribution in [1.82, 2.24) is 4.98 Å². The van der Waals surface area contributed by atoms with Gasteiger partial charge in [-0.25, -0.2) is 4.98 Å². The van der Waals surface area contributed by atoms with Crippen molar-refractivity contribution in [3.63, 3.8) is 0 Å². The molecule has 0 aliphatic heterocycles. The molecule has 0 saturated heterocycles. The summed E-state index contributed by atoms with van der Waals surface area (Å²) in [6, 6.07) is 4.45. The SMILES string of the molecule is CN(c1nccc(C#N)c1Cl)C1CCC(N)CC1. The normalized spacial score (nSPS) is 23.4. The van der Waals surface area contributed by atoms with Crippen LogP contribution >= 0.6 is 11.6 Å². The Labute approximate surface area is 112 Å². The van der Waals surface area contributed by atoms with Gasteiger partial charge in [0.05, 0.1) is 5.56 Å². The fraction of sp³-hybridized carbons (Fsp3) is 0.538. The molecule has 0 bridgehead atoms. The first kappa shape index (κ1) is 13.1. The fourth-order valence-electron chi connectivity index (χ4n) is 2.43. The number of pyridine rings is 1. The van der Waals surface area contributed by atoms with Crippen molar-refractivity contribution in [2.75, 3.05) is 11.9 Å². The van der Waals surface area contributed by atoms with E-state index >= 15 is 0 Å². The smallest absolute Gasteiger partial charge is 0.148 e. The number of rotatable bonds is 2. The Kier molecular flexibility index (Phi) is 4.05. The van der Waals surface area contributed by atoms with Gasteiger partial charge in [0.25, 0.3) is 0 Å². The first-order valence-electron chi connectivity index (χ1n) is 6.16. The molecule has 0 radical (unpaired) electrons. The van der Waals surface area contributed by atoms with E-state index in [4.69, 9.17) is 22.6 Å². The molecule has 4 nitrogen and oxygen atoms in total. The molecule has 1 aromatic rings. The zero-order valence-electron chi connectivity index (χ0n) is 10.4. The molecule has 18 heavy (non-hydrogen) atoms. The Morgan fingerprint density at radius 2 is 2.11 bits per heavy atom. The lowest BCUT2D eigenvalue weighted by molar-refractivity contribution is 0.384. The highest BCUT2D eigenvalue weighted by molar-refractivity contribution is 6.34. The second-order valence-electron chi connectivity index (χ2n) is 4.79. The molecule has 1 aliphatic carbocycles. The lowest BCUT2D eigenvalue weighted by Gasteiger charge is -2.34. The highest BCUT2D eigenvalue weighted by atomic mass is 35.5. The van der Waals surface area contributed by atoms with Crippen LogP contribution in [0.1, 0.15) is 31.2 Å². The number of nitrogens with two attached hydrogens (primary N) is 1. The van der Waals surface area contributed by atoms with Crippen molar-refractivity contribution in [3.8, 4) is 6.07 Å². The van der Waals surface area contributed by atoms with Gasteiger partial charge in [-0.2, -0.15) is 5.26 Å². The van der Waals surface area contributed by atoms with Gasteiger partial charge in [0.15, 0.2) is 0 Å².